The molecule has 3 atom stereocenters. The maximum absolute atomic E-state index is 5.52. The van der Waals surface area contributed by atoms with E-state index in [1.54, 1.807) is 0 Å². The molecule has 0 aromatic carbocycles. The van der Waals surface area contributed by atoms with E-state index in [0.29, 0.717) is 23.8 Å². The van der Waals surface area contributed by atoms with Crippen LogP contribution in [0.5, 0.6) is 0 Å². The third-order valence-electron chi connectivity index (χ3n) is 3.60. The fourth-order valence-corrected chi connectivity index (χ4v) is 2.92. The molecule has 1 N–H and O–H groups in total. The smallest absolute Gasteiger partial charge is 0.233 e. The van der Waals surface area contributed by atoms with Crippen molar-refractivity contribution in [3.63, 3.8) is 0 Å². The first kappa shape index (κ1) is 14.8. The SMILES string of the molecule is CCC(C)SCc1noc(C2COCCC2NC)n1. The predicted octanol–water partition coefficient (Wildman–Crippen LogP) is 2.19. The van der Waals surface area contributed by atoms with Crippen LogP contribution in [-0.2, 0) is 10.5 Å². The summed E-state index contributed by atoms with van der Waals surface area (Å²) in [4.78, 5) is 4.52. The van der Waals surface area contributed by atoms with E-state index >= 15 is 0 Å². The van der Waals surface area contributed by atoms with Gasteiger partial charge in [0, 0.05) is 17.9 Å². The van der Waals surface area contributed by atoms with Crippen LogP contribution in [0.4, 0.5) is 0 Å². The van der Waals surface area contributed by atoms with Crippen LogP contribution in [0, 0.1) is 0 Å². The van der Waals surface area contributed by atoms with Crippen molar-refractivity contribution in [3.8, 4) is 0 Å². The summed E-state index contributed by atoms with van der Waals surface area (Å²) in [6, 6.07) is 0.365. The van der Waals surface area contributed by atoms with Crippen LogP contribution < -0.4 is 5.32 Å². The Morgan fingerprint density at radius 1 is 1.53 bits per heavy atom. The van der Waals surface area contributed by atoms with Crippen molar-refractivity contribution in [1.29, 1.82) is 0 Å². The Kier molecular flexibility index (Phi) is 5.66. The molecule has 6 heteroatoms. The zero-order valence-electron chi connectivity index (χ0n) is 11.9. The lowest BCUT2D eigenvalue weighted by Crippen LogP contribution is -2.39. The van der Waals surface area contributed by atoms with E-state index in [2.05, 4.69) is 29.3 Å². The van der Waals surface area contributed by atoms with Crippen molar-refractivity contribution < 1.29 is 9.26 Å². The predicted molar refractivity (Wildman–Crippen MR) is 76.4 cm³/mol. The van der Waals surface area contributed by atoms with Gasteiger partial charge in [0.1, 0.15) is 0 Å². The molecule has 2 heterocycles. The minimum atomic E-state index is 0.175. The van der Waals surface area contributed by atoms with Gasteiger partial charge in [-0.25, -0.2) is 0 Å². The quantitative estimate of drug-likeness (QED) is 0.864. The number of thioether (sulfide) groups is 1. The molecular weight excluding hydrogens is 262 g/mol. The number of ether oxygens (including phenoxy) is 1. The van der Waals surface area contributed by atoms with Crippen LogP contribution in [0.15, 0.2) is 4.52 Å². The van der Waals surface area contributed by atoms with Gasteiger partial charge in [0.25, 0.3) is 0 Å². The molecule has 1 aromatic rings. The zero-order valence-corrected chi connectivity index (χ0v) is 12.7. The van der Waals surface area contributed by atoms with Crippen molar-refractivity contribution in [2.24, 2.45) is 0 Å². The zero-order chi connectivity index (χ0) is 13.7. The second-order valence-corrected chi connectivity index (χ2v) is 6.37. The summed E-state index contributed by atoms with van der Waals surface area (Å²) in [7, 11) is 1.97. The van der Waals surface area contributed by atoms with Gasteiger partial charge in [-0.2, -0.15) is 16.7 Å². The Morgan fingerprint density at radius 3 is 3.11 bits per heavy atom. The highest BCUT2D eigenvalue weighted by Crippen LogP contribution is 2.25. The van der Waals surface area contributed by atoms with Crippen LogP contribution in [0.25, 0.3) is 0 Å². The minimum absolute atomic E-state index is 0.175. The monoisotopic (exact) mass is 285 g/mol. The number of hydrogen-bond donors (Lipinski definition) is 1. The Bertz CT molecular complexity index is 386. The summed E-state index contributed by atoms with van der Waals surface area (Å²) in [5.74, 6) is 2.49. The first-order valence-electron chi connectivity index (χ1n) is 6.93. The second kappa shape index (κ2) is 7.26. The molecule has 1 aromatic heterocycles. The number of rotatable bonds is 6. The highest BCUT2D eigenvalue weighted by Gasteiger charge is 2.30. The molecule has 0 amide bonds. The molecule has 2 rings (SSSR count). The Morgan fingerprint density at radius 2 is 2.37 bits per heavy atom. The van der Waals surface area contributed by atoms with Crippen LogP contribution in [0.3, 0.4) is 0 Å². The number of nitrogens with one attached hydrogen (secondary N) is 1. The molecule has 3 unspecified atom stereocenters. The summed E-state index contributed by atoms with van der Waals surface area (Å²) in [5, 5.41) is 8.01. The number of aromatic nitrogens is 2. The topological polar surface area (TPSA) is 60.2 Å². The average molecular weight is 285 g/mol. The molecule has 1 fully saturated rings. The standard InChI is InChI=1S/C13H23N3O2S/c1-4-9(2)19-8-12-15-13(18-16-12)10-7-17-6-5-11(10)14-3/h9-11,14H,4-8H2,1-3H3. The van der Waals surface area contributed by atoms with E-state index in [-0.39, 0.29) is 5.92 Å². The lowest BCUT2D eigenvalue weighted by atomic mass is 9.96. The van der Waals surface area contributed by atoms with E-state index in [1.165, 1.54) is 0 Å². The van der Waals surface area contributed by atoms with Crippen LogP contribution in [0.1, 0.15) is 44.3 Å². The number of nitrogens with zero attached hydrogens (tertiary/aromatic N) is 2. The number of likely N-dealkylation sites (N-methyl/N-ethyl adjacent to an activating group) is 1. The summed E-state index contributed by atoms with van der Waals surface area (Å²) < 4.78 is 10.9. The lowest BCUT2D eigenvalue weighted by Gasteiger charge is -2.28. The van der Waals surface area contributed by atoms with Crippen molar-refractivity contribution in [3.05, 3.63) is 11.7 Å². The molecule has 19 heavy (non-hydrogen) atoms. The van der Waals surface area contributed by atoms with E-state index in [4.69, 9.17) is 9.26 Å². The van der Waals surface area contributed by atoms with E-state index < -0.39 is 0 Å². The van der Waals surface area contributed by atoms with Crippen LogP contribution >= 0.6 is 11.8 Å². The molecule has 0 radical (unpaired) electrons. The fraction of sp³-hybridized carbons (Fsp3) is 0.846. The lowest BCUT2D eigenvalue weighted by molar-refractivity contribution is 0.0516. The largest absolute Gasteiger partial charge is 0.381 e. The van der Waals surface area contributed by atoms with Crippen LogP contribution in [-0.4, -0.2) is 41.7 Å². The number of hydrogen-bond acceptors (Lipinski definition) is 6. The molecular formula is C13H23N3O2S. The minimum Gasteiger partial charge on any atom is -0.381 e. The molecule has 0 saturated carbocycles. The molecule has 1 aliphatic rings. The second-order valence-electron chi connectivity index (χ2n) is 4.94. The van der Waals surface area contributed by atoms with Crippen molar-refractivity contribution in [1.82, 2.24) is 15.5 Å². The molecule has 1 aliphatic heterocycles. The Labute approximate surface area is 118 Å². The maximum atomic E-state index is 5.52. The van der Waals surface area contributed by atoms with Gasteiger partial charge < -0.3 is 14.6 Å². The average Bonchev–Trinajstić information content (AvgIpc) is 2.93. The Hall–Kier alpha value is -0.590. The van der Waals surface area contributed by atoms with E-state index in [1.807, 2.05) is 18.8 Å². The molecule has 0 aliphatic carbocycles. The molecule has 108 valence electrons. The van der Waals surface area contributed by atoms with Gasteiger partial charge in [-0.15, -0.1) is 0 Å². The van der Waals surface area contributed by atoms with Gasteiger partial charge in [-0.3, -0.25) is 0 Å². The summed E-state index contributed by atoms with van der Waals surface area (Å²) >= 11 is 1.86. The maximum Gasteiger partial charge on any atom is 0.233 e. The summed E-state index contributed by atoms with van der Waals surface area (Å²) in [5.41, 5.74) is 0. The van der Waals surface area contributed by atoms with Crippen molar-refractivity contribution in [2.45, 2.75) is 49.7 Å². The highest BCUT2D eigenvalue weighted by molar-refractivity contribution is 7.99. The van der Waals surface area contributed by atoms with Gasteiger partial charge in [0.15, 0.2) is 5.82 Å². The summed E-state index contributed by atoms with van der Waals surface area (Å²) in [6.07, 6.45) is 2.15. The summed E-state index contributed by atoms with van der Waals surface area (Å²) in [6.45, 7) is 5.87. The normalized spacial score (nSPS) is 25.4. The van der Waals surface area contributed by atoms with Gasteiger partial charge in [0.2, 0.25) is 5.89 Å². The van der Waals surface area contributed by atoms with Crippen LogP contribution in [0.2, 0.25) is 0 Å². The van der Waals surface area contributed by atoms with E-state index in [9.17, 15) is 0 Å². The fourth-order valence-electron chi connectivity index (χ4n) is 2.14. The molecule has 1 saturated heterocycles. The van der Waals surface area contributed by atoms with Gasteiger partial charge in [-0.05, 0) is 19.9 Å². The van der Waals surface area contributed by atoms with Gasteiger partial charge in [-0.1, -0.05) is 19.0 Å². The van der Waals surface area contributed by atoms with Crippen molar-refractivity contribution in [2.75, 3.05) is 20.3 Å². The molecule has 0 bridgehead atoms. The third-order valence-corrected chi connectivity index (χ3v) is 4.93. The van der Waals surface area contributed by atoms with Crippen molar-refractivity contribution >= 4 is 11.8 Å². The molecule has 5 nitrogen and oxygen atoms in total. The van der Waals surface area contributed by atoms with E-state index in [0.717, 1.165) is 31.0 Å². The van der Waals surface area contributed by atoms with Gasteiger partial charge in [0.05, 0.1) is 18.3 Å². The Balaban J connectivity index is 1.95. The van der Waals surface area contributed by atoms with Gasteiger partial charge >= 0.3 is 0 Å². The highest BCUT2D eigenvalue weighted by atomic mass is 32.2. The third kappa shape index (κ3) is 3.94. The first-order valence-corrected chi connectivity index (χ1v) is 7.98. The first-order chi connectivity index (χ1) is 9.24. The molecule has 0 spiro atoms.